The number of ether oxygens (including phenoxy) is 1. The average molecular weight is 286 g/mol. The van der Waals surface area contributed by atoms with E-state index >= 15 is 0 Å². The molecule has 2 N–H and O–H groups in total. The summed E-state index contributed by atoms with van der Waals surface area (Å²) in [6, 6.07) is 11.2. The van der Waals surface area contributed by atoms with Gasteiger partial charge in [-0.15, -0.1) is 0 Å². The number of aryl methyl sites for hydroxylation is 1. The number of benzene rings is 1. The van der Waals surface area contributed by atoms with E-state index in [2.05, 4.69) is 15.8 Å². The van der Waals surface area contributed by atoms with Crippen molar-refractivity contribution >= 4 is 17.8 Å². The second-order valence-corrected chi connectivity index (χ2v) is 4.42. The number of rotatable bonds is 6. The van der Waals surface area contributed by atoms with Crippen LogP contribution in [0, 0.1) is 0 Å². The summed E-state index contributed by atoms with van der Waals surface area (Å²) in [4.78, 5) is 11.6. The van der Waals surface area contributed by atoms with Crippen molar-refractivity contribution in [1.29, 1.82) is 0 Å². The molecule has 0 aliphatic carbocycles. The first-order valence-electron chi connectivity index (χ1n) is 6.50. The van der Waals surface area contributed by atoms with Gasteiger partial charge in [0.05, 0.1) is 25.6 Å². The third-order valence-electron chi connectivity index (χ3n) is 2.91. The predicted octanol–water partition coefficient (Wildman–Crippen LogP) is 1.60. The molecular weight excluding hydrogens is 268 g/mol. The lowest BCUT2D eigenvalue weighted by atomic mass is 10.3. The third kappa shape index (κ3) is 4.38. The molecule has 1 aromatic carbocycles. The standard InChI is InChI=1S/C15H18N4O2/c1-19-9-3-4-13(19)10-17-18-15(20)11-16-12-5-7-14(21-2)8-6-12/h3-10,16H,11H2,1-2H3,(H,18,20)/b17-10+. The van der Waals surface area contributed by atoms with Gasteiger partial charge in [-0.3, -0.25) is 4.79 Å². The maximum absolute atomic E-state index is 11.6. The van der Waals surface area contributed by atoms with Crippen molar-refractivity contribution in [2.45, 2.75) is 0 Å². The van der Waals surface area contributed by atoms with E-state index in [0.717, 1.165) is 17.1 Å². The van der Waals surface area contributed by atoms with E-state index in [1.54, 1.807) is 13.3 Å². The Hall–Kier alpha value is -2.76. The molecule has 0 fully saturated rings. The molecule has 0 aliphatic rings. The fourth-order valence-electron chi connectivity index (χ4n) is 1.71. The highest BCUT2D eigenvalue weighted by Crippen LogP contribution is 2.14. The van der Waals surface area contributed by atoms with Gasteiger partial charge in [0.15, 0.2) is 0 Å². The zero-order valence-corrected chi connectivity index (χ0v) is 12.0. The number of anilines is 1. The van der Waals surface area contributed by atoms with E-state index in [9.17, 15) is 4.79 Å². The van der Waals surface area contributed by atoms with Gasteiger partial charge < -0.3 is 14.6 Å². The molecule has 0 saturated heterocycles. The number of aromatic nitrogens is 1. The van der Waals surface area contributed by atoms with Crippen LogP contribution in [0.25, 0.3) is 0 Å². The molecule has 0 atom stereocenters. The van der Waals surface area contributed by atoms with Crippen molar-refractivity contribution in [3.05, 3.63) is 48.3 Å². The highest BCUT2D eigenvalue weighted by Gasteiger charge is 2.00. The summed E-state index contributed by atoms with van der Waals surface area (Å²) in [5.41, 5.74) is 4.23. The zero-order valence-electron chi connectivity index (χ0n) is 12.0. The van der Waals surface area contributed by atoms with Crippen LogP contribution in [0.1, 0.15) is 5.69 Å². The third-order valence-corrected chi connectivity index (χ3v) is 2.91. The molecule has 0 radical (unpaired) electrons. The minimum atomic E-state index is -0.212. The van der Waals surface area contributed by atoms with E-state index in [1.165, 1.54) is 0 Å². The summed E-state index contributed by atoms with van der Waals surface area (Å²) >= 11 is 0. The van der Waals surface area contributed by atoms with Crippen molar-refractivity contribution in [2.24, 2.45) is 12.1 Å². The van der Waals surface area contributed by atoms with Crippen LogP contribution in [-0.2, 0) is 11.8 Å². The lowest BCUT2D eigenvalue weighted by Crippen LogP contribution is -2.25. The fourth-order valence-corrected chi connectivity index (χ4v) is 1.71. The molecule has 21 heavy (non-hydrogen) atoms. The summed E-state index contributed by atoms with van der Waals surface area (Å²) in [6.45, 7) is 0.150. The second-order valence-electron chi connectivity index (χ2n) is 4.42. The summed E-state index contributed by atoms with van der Waals surface area (Å²) < 4.78 is 6.97. The van der Waals surface area contributed by atoms with Crippen molar-refractivity contribution in [2.75, 3.05) is 19.0 Å². The predicted molar refractivity (Wildman–Crippen MR) is 82.6 cm³/mol. The zero-order chi connectivity index (χ0) is 15.1. The Morgan fingerprint density at radius 1 is 1.33 bits per heavy atom. The van der Waals surface area contributed by atoms with Gasteiger partial charge in [0.1, 0.15) is 5.75 Å². The van der Waals surface area contributed by atoms with Crippen LogP contribution < -0.4 is 15.5 Å². The van der Waals surface area contributed by atoms with Crippen LogP contribution in [-0.4, -0.2) is 30.3 Å². The molecule has 2 aromatic rings. The van der Waals surface area contributed by atoms with Crippen LogP contribution in [0.15, 0.2) is 47.7 Å². The van der Waals surface area contributed by atoms with Crippen LogP contribution in [0.4, 0.5) is 5.69 Å². The lowest BCUT2D eigenvalue weighted by molar-refractivity contribution is -0.119. The number of nitrogens with zero attached hydrogens (tertiary/aromatic N) is 2. The van der Waals surface area contributed by atoms with Crippen LogP contribution in [0.2, 0.25) is 0 Å². The number of methoxy groups -OCH3 is 1. The molecule has 6 heteroatoms. The molecule has 0 unspecified atom stereocenters. The van der Waals surface area contributed by atoms with E-state index in [0.29, 0.717) is 0 Å². The van der Waals surface area contributed by atoms with Gasteiger partial charge in [-0.25, -0.2) is 5.43 Å². The number of carbonyl (C=O) groups excluding carboxylic acids is 1. The van der Waals surface area contributed by atoms with Crippen LogP contribution in [0.3, 0.4) is 0 Å². The summed E-state index contributed by atoms with van der Waals surface area (Å²) in [5, 5.41) is 6.91. The Balaban J connectivity index is 1.76. The second kappa shape index (κ2) is 7.14. The largest absolute Gasteiger partial charge is 0.497 e. The van der Waals surface area contributed by atoms with Gasteiger partial charge in [-0.2, -0.15) is 5.10 Å². The minimum Gasteiger partial charge on any atom is -0.497 e. The Labute approximate surface area is 123 Å². The molecule has 1 aromatic heterocycles. The fraction of sp³-hybridized carbons (Fsp3) is 0.200. The molecule has 0 bridgehead atoms. The van der Waals surface area contributed by atoms with Crippen LogP contribution in [0.5, 0.6) is 5.75 Å². The Bertz CT molecular complexity index is 617. The van der Waals surface area contributed by atoms with Crippen molar-refractivity contribution in [3.63, 3.8) is 0 Å². The van der Waals surface area contributed by atoms with E-state index < -0.39 is 0 Å². The van der Waals surface area contributed by atoms with Crippen molar-refractivity contribution in [1.82, 2.24) is 9.99 Å². The van der Waals surface area contributed by atoms with Gasteiger partial charge in [0.25, 0.3) is 5.91 Å². The number of amides is 1. The lowest BCUT2D eigenvalue weighted by Gasteiger charge is -2.06. The van der Waals surface area contributed by atoms with E-state index in [4.69, 9.17) is 4.74 Å². The van der Waals surface area contributed by atoms with Crippen molar-refractivity contribution in [3.8, 4) is 5.75 Å². The van der Waals surface area contributed by atoms with Gasteiger partial charge in [-0.1, -0.05) is 0 Å². The van der Waals surface area contributed by atoms with Crippen molar-refractivity contribution < 1.29 is 9.53 Å². The summed E-state index contributed by atoms with van der Waals surface area (Å²) in [5.74, 6) is 0.563. The first-order chi connectivity index (χ1) is 10.2. The van der Waals surface area contributed by atoms with Gasteiger partial charge in [0.2, 0.25) is 0 Å². The summed E-state index contributed by atoms with van der Waals surface area (Å²) in [7, 11) is 3.52. The average Bonchev–Trinajstić information content (AvgIpc) is 2.91. The molecule has 2 rings (SSSR count). The smallest absolute Gasteiger partial charge is 0.259 e. The molecule has 0 spiro atoms. The molecule has 0 saturated carbocycles. The first-order valence-corrected chi connectivity index (χ1v) is 6.50. The maximum Gasteiger partial charge on any atom is 0.259 e. The van der Waals surface area contributed by atoms with Crippen LogP contribution >= 0.6 is 0 Å². The van der Waals surface area contributed by atoms with Gasteiger partial charge in [0, 0.05) is 18.9 Å². The minimum absolute atomic E-state index is 0.150. The molecule has 1 amide bonds. The Kier molecular flexibility index (Phi) is 4.98. The first kappa shape index (κ1) is 14.6. The number of carbonyl (C=O) groups is 1. The summed E-state index contributed by atoms with van der Waals surface area (Å²) in [6.07, 6.45) is 3.51. The monoisotopic (exact) mass is 286 g/mol. The molecule has 0 aliphatic heterocycles. The highest BCUT2D eigenvalue weighted by atomic mass is 16.5. The number of hydrogen-bond donors (Lipinski definition) is 2. The quantitative estimate of drug-likeness (QED) is 0.626. The number of hydrazone groups is 1. The number of nitrogens with one attached hydrogen (secondary N) is 2. The Morgan fingerprint density at radius 2 is 2.10 bits per heavy atom. The topological polar surface area (TPSA) is 67.7 Å². The number of hydrogen-bond acceptors (Lipinski definition) is 4. The SMILES string of the molecule is COc1ccc(NCC(=O)N/N=C/c2cccn2C)cc1. The molecule has 6 nitrogen and oxygen atoms in total. The molecular formula is C15H18N4O2. The Morgan fingerprint density at radius 3 is 2.71 bits per heavy atom. The maximum atomic E-state index is 11.6. The highest BCUT2D eigenvalue weighted by molar-refractivity contribution is 5.83. The van der Waals surface area contributed by atoms with E-state index in [1.807, 2.05) is 54.2 Å². The molecule has 1 heterocycles. The van der Waals surface area contributed by atoms with Gasteiger partial charge in [-0.05, 0) is 36.4 Å². The normalized spacial score (nSPS) is 10.6. The van der Waals surface area contributed by atoms with Gasteiger partial charge >= 0.3 is 0 Å². The molecule has 110 valence electrons. The van der Waals surface area contributed by atoms with E-state index in [-0.39, 0.29) is 12.5 Å².